The molecule has 0 radical (unpaired) electrons. The van der Waals surface area contributed by atoms with Gasteiger partial charge in [-0.3, -0.25) is 9.59 Å². The Morgan fingerprint density at radius 2 is 1.74 bits per heavy atom. The monoisotopic (exact) mass is 583 g/mol. The van der Waals surface area contributed by atoms with Crippen LogP contribution in [0.25, 0.3) is 22.0 Å². The normalized spacial score (nSPS) is 18.8. The fourth-order valence-corrected chi connectivity index (χ4v) is 6.09. The highest BCUT2D eigenvalue weighted by Gasteiger charge is 2.34. The van der Waals surface area contributed by atoms with E-state index in [0.717, 1.165) is 33.2 Å². The van der Waals surface area contributed by atoms with Gasteiger partial charge in [0.2, 0.25) is 0 Å². The summed E-state index contributed by atoms with van der Waals surface area (Å²) < 4.78 is 14.2. The summed E-state index contributed by atoms with van der Waals surface area (Å²) in [6.45, 7) is 4.67. The predicted octanol–water partition coefficient (Wildman–Crippen LogP) is 5.05. The van der Waals surface area contributed by atoms with Crippen LogP contribution in [0.3, 0.4) is 0 Å². The third kappa shape index (κ3) is 5.95. The molecule has 4 aromatic rings. The van der Waals surface area contributed by atoms with E-state index in [1.54, 1.807) is 16.8 Å². The Morgan fingerprint density at radius 3 is 2.47 bits per heavy atom. The van der Waals surface area contributed by atoms with Gasteiger partial charge in [-0.25, -0.2) is 0 Å². The van der Waals surface area contributed by atoms with Gasteiger partial charge in [0.15, 0.2) is 6.10 Å². The number of benzene rings is 3. The number of methoxy groups -OCH3 is 1. The molecule has 2 heterocycles. The standard InChI is InChI=1S/C35H41N3O5/c1-23-19-38(24(2)21-39)34(40)32-31(28-17-11-12-18-29(28)37(32)4)27-16-10-9-15-26(27)22-43-30(23)20-36(3)35(41)33(42-5)25-13-7-6-8-14-25/h6-18,23-24,30,33,39H,19-22H2,1-5H3/t23-,24+,30-,33-/m1/s1. The van der Waals surface area contributed by atoms with E-state index < -0.39 is 18.2 Å². The topological polar surface area (TPSA) is 84.2 Å². The number of nitrogens with zero attached hydrogens (tertiary/aromatic N) is 3. The van der Waals surface area contributed by atoms with E-state index in [0.29, 0.717) is 25.4 Å². The number of ether oxygens (including phenoxy) is 2. The number of hydrogen-bond acceptors (Lipinski definition) is 5. The molecule has 2 amide bonds. The molecule has 1 N–H and O–H groups in total. The van der Waals surface area contributed by atoms with Gasteiger partial charge in [0.25, 0.3) is 11.8 Å². The third-order valence-electron chi connectivity index (χ3n) is 8.62. The van der Waals surface area contributed by atoms with Gasteiger partial charge < -0.3 is 28.9 Å². The van der Waals surface area contributed by atoms with Crippen LogP contribution in [0.4, 0.5) is 0 Å². The summed E-state index contributed by atoms with van der Waals surface area (Å²) in [5.74, 6) is -0.477. The molecule has 0 spiro atoms. The Kier molecular flexibility index (Phi) is 9.30. The molecule has 3 aromatic carbocycles. The molecule has 0 unspecified atom stereocenters. The van der Waals surface area contributed by atoms with Crippen molar-refractivity contribution < 1.29 is 24.2 Å². The molecule has 0 saturated carbocycles. The first-order valence-electron chi connectivity index (χ1n) is 14.8. The lowest BCUT2D eigenvalue weighted by atomic mass is 9.96. The van der Waals surface area contributed by atoms with Gasteiger partial charge in [0, 0.05) is 56.7 Å². The van der Waals surface area contributed by atoms with E-state index in [-0.39, 0.29) is 24.3 Å². The second-order valence-corrected chi connectivity index (χ2v) is 11.5. The second kappa shape index (κ2) is 13.1. The molecule has 226 valence electrons. The fraction of sp³-hybridized carbons (Fsp3) is 0.371. The zero-order valence-electron chi connectivity index (χ0n) is 25.6. The highest BCUT2D eigenvalue weighted by molar-refractivity contribution is 6.10. The lowest BCUT2D eigenvalue weighted by Gasteiger charge is -2.35. The number of hydrogen-bond donors (Lipinski definition) is 1. The van der Waals surface area contributed by atoms with Crippen molar-refractivity contribution in [2.75, 3.05) is 33.9 Å². The van der Waals surface area contributed by atoms with Crippen LogP contribution in [0.2, 0.25) is 0 Å². The number of aromatic nitrogens is 1. The molecular formula is C35H41N3O5. The Bertz CT molecular complexity index is 1580. The number of amides is 2. The zero-order valence-corrected chi connectivity index (χ0v) is 25.6. The van der Waals surface area contributed by atoms with Gasteiger partial charge in [-0.05, 0) is 29.7 Å². The SMILES string of the molecule is CO[C@@H](C(=O)N(C)C[C@H]1OCc2ccccc2-c2c(n(C)c3ccccc23)C(=O)N([C@@H](C)CO)C[C@H]1C)c1ccccc1. The van der Waals surface area contributed by atoms with Gasteiger partial charge in [0.05, 0.1) is 25.4 Å². The number of likely N-dealkylation sites (N-methyl/N-ethyl adjacent to an activating group) is 1. The van der Waals surface area contributed by atoms with Crippen molar-refractivity contribution in [2.45, 2.75) is 38.7 Å². The van der Waals surface area contributed by atoms with Crippen molar-refractivity contribution in [3.05, 3.63) is 95.7 Å². The van der Waals surface area contributed by atoms with Crippen LogP contribution < -0.4 is 0 Å². The molecule has 8 nitrogen and oxygen atoms in total. The summed E-state index contributed by atoms with van der Waals surface area (Å²) in [5.41, 5.74) is 5.08. The summed E-state index contributed by atoms with van der Waals surface area (Å²) in [6, 6.07) is 25.1. The first-order chi connectivity index (χ1) is 20.8. The van der Waals surface area contributed by atoms with Gasteiger partial charge >= 0.3 is 0 Å². The van der Waals surface area contributed by atoms with Crippen LogP contribution in [-0.2, 0) is 27.9 Å². The highest BCUT2D eigenvalue weighted by Crippen LogP contribution is 2.38. The maximum atomic E-state index is 14.5. The Labute approximate surface area is 253 Å². The maximum absolute atomic E-state index is 14.5. The quantitative estimate of drug-likeness (QED) is 0.329. The van der Waals surface area contributed by atoms with Crippen LogP contribution in [0.5, 0.6) is 0 Å². The number of carbonyl (C=O) groups excluding carboxylic acids is 2. The summed E-state index contributed by atoms with van der Waals surface area (Å²) in [7, 11) is 5.21. The summed E-state index contributed by atoms with van der Waals surface area (Å²) in [4.78, 5) is 31.5. The molecule has 1 aliphatic rings. The molecule has 43 heavy (non-hydrogen) atoms. The predicted molar refractivity (Wildman–Crippen MR) is 168 cm³/mol. The number of carbonyl (C=O) groups is 2. The molecule has 8 heteroatoms. The minimum atomic E-state index is -0.736. The number of rotatable bonds is 7. The van der Waals surface area contributed by atoms with Crippen molar-refractivity contribution in [3.63, 3.8) is 0 Å². The van der Waals surface area contributed by atoms with Crippen molar-refractivity contribution in [1.29, 1.82) is 0 Å². The van der Waals surface area contributed by atoms with Crippen LogP contribution in [-0.4, -0.2) is 77.3 Å². The lowest BCUT2D eigenvalue weighted by Crippen LogP contribution is -2.48. The van der Waals surface area contributed by atoms with Gasteiger partial charge in [0.1, 0.15) is 5.69 Å². The molecule has 0 fully saturated rings. The first-order valence-corrected chi connectivity index (χ1v) is 14.8. The summed E-state index contributed by atoms with van der Waals surface area (Å²) in [6.07, 6.45) is -1.13. The van der Waals surface area contributed by atoms with E-state index >= 15 is 0 Å². The average Bonchev–Trinajstić information content (AvgIpc) is 3.32. The van der Waals surface area contributed by atoms with E-state index in [1.807, 2.05) is 104 Å². The van der Waals surface area contributed by atoms with Crippen LogP contribution in [0.15, 0.2) is 78.9 Å². The van der Waals surface area contributed by atoms with Crippen molar-refractivity contribution in [1.82, 2.24) is 14.4 Å². The highest BCUT2D eigenvalue weighted by atomic mass is 16.5. The molecular weight excluding hydrogens is 542 g/mol. The third-order valence-corrected chi connectivity index (χ3v) is 8.62. The Hall–Kier alpha value is -3.98. The van der Waals surface area contributed by atoms with Crippen molar-refractivity contribution in [2.24, 2.45) is 13.0 Å². The molecule has 0 bridgehead atoms. The summed E-state index contributed by atoms with van der Waals surface area (Å²) >= 11 is 0. The zero-order chi connectivity index (χ0) is 30.7. The number of aliphatic hydroxyl groups is 1. The summed E-state index contributed by atoms with van der Waals surface area (Å²) in [5, 5.41) is 11.2. The Morgan fingerprint density at radius 1 is 1.07 bits per heavy atom. The molecule has 0 aliphatic carbocycles. The first kappa shape index (κ1) is 30.5. The van der Waals surface area contributed by atoms with Crippen LogP contribution in [0, 0.1) is 5.92 Å². The average molecular weight is 584 g/mol. The molecule has 4 atom stereocenters. The van der Waals surface area contributed by atoms with Gasteiger partial charge in [-0.1, -0.05) is 79.7 Å². The lowest BCUT2D eigenvalue weighted by molar-refractivity contribution is -0.143. The van der Waals surface area contributed by atoms with E-state index in [9.17, 15) is 14.7 Å². The van der Waals surface area contributed by atoms with Crippen molar-refractivity contribution >= 4 is 22.7 Å². The number of fused-ring (bicyclic) bond motifs is 5. The van der Waals surface area contributed by atoms with Gasteiger partial charge in [-0.15, -0.1) is 0 Å². The minimum absolute atomic E-state index is 0.148. The van der Waals surface area contributed by atoms with Crippen molar-refractivity contribution in [3.8, 4) is 11.1 Å². The molecule has 5 rings (SSSR count). The van der Waals surface area contributed by atoms with E-state index in [4.69, 9.17) is 9.47 Å². The van der Waals surface area contributed by atoms with Crippen LogP contribution >= 0.6 is 0 Å². The molecule has 1 aromatic heterocycles. The number of aryl methyl sites for hydroxylation is 1. The second-order valence-electron chi connectivity index (χ2n) is 11.5. The van der Waals surface area contributed by atoms with Gasteiger partial charge in [-0.2, -0.15) is 0 Å². The Balaban J connectivity index is 1.55. The fourth-order valence-electron chi connectivity index (χ4n) is 6.09. The van der Waals surface area contributed by atoms with E-state index in [2.05, 4.69) is 0 Å². The van der Waals surface area contributed by atoms with Crippen LogP contribution in [0.1, 0.15) is 41.6 Å². The molecule has 1 aliphatic heterocycles. The smallest absolute Gasteiger partial charge is 0.271 e. The molecule has 0 saturated heterocycles. The minimum Gasteiger partial charge on any atom is -0.394 e. The maximum Gasteiger partial charge on any atom is 0.271 e. The van der Waals surface area contributed by atoms with E-state index in [1.165, 1.54) is 7.11 Å². The number of aliphatic hydroxyl groups excluding tert-OH is 1. The number of para-hydroxylation sites is 1. The largest absolute Gasteiger partial charge is 0.394 e.